The first kappa shape index (κ1) is 8.90. The average Bonchev–Trinajstić information content (AvgIpc) is 2.17. The molecule has 0 fully saturated rings. The molecule has 2 aromatic rings. The molecule has 0 saturated carbocycles. The first-order valence-electron chi connectivity index (χ1n) is 4.26. The molecule has 1 N–H and O–H groups in total. The summed E-state index contributed by atoms with van der Waals surface area (Å²) in [6.45, 7) is 1.50. The van der Waals surface area contributed by atoms with Crippen LogP contribution >= 0.6 is 0 Å². The Balaban J connectivity index is 2.79. The summed E-state index contributed by atoms with van der Waals surface area (Å²) in [4.78, 5) is 15.4. The number of aliphatic hydroxyl groups is 1. The fourth-order valence-electron chi connectivity index (χ4n) is 1.21. The number of benzene rings is 1. The smallest absolute Gasteiger partial charge is 0.346 e. The van der Waals surface area contributed by atoms with Gasteiger partial charge in [0.05, 0.1) is 10.9 Å². The van der Waals surface area contributed by atoms with Crippen molar-refractivity contribution in [3.63, 3.8) is 0 Å². The molecule has 0 aliphatic carbocycles. The van der Waals surface area contributed by atoms with Gasteiger partial charge in [-0.05, 0) is 19.1 Å². The van der Waals surface area contributed by atoms with Crippen molar-refractivity contribution in [3.05, 3.63) is 40.6 Å². The molecule has 0 bridgehead atoms. The van der Waals surface area contributed by atoms with Crippen LogP contribution in [0.15, 0.2) is 33.5 Å². The molecule has 0 saturated heterocycles. The fraction of sp³-hybridized carbons (Fsp3) is 0.200. The van der Waals surface area contributed by atoms with Crippen LogP contribution in [-0.2, 0) is 0 Å². The van der Waals surface area contributed by atoms with Gasteiger partial charge in [0, 0.05) is 0 Å². The maximum atomic E-state index is 11.4. The zero-order valence-corrected chi connectivity index (χ0v) is 7.60. The topological polar surface area (TPSA) is 63.3 Å². The van der Waals surface area contributed by atoms with Gasteiger partial charge in [0.2, 0.25) is 5.89 Å². The lowest BCUT2D eigenvalue weighted by Gasteiger charge is -2.02. The lowest BCUT2D eigenvalue weighted by molar-refractivity contribution is 0.157. The molecule has 72 valence electrons. The van der Waals surface area contributed by atoms with Crippen LogP contribution in [0.1, 0.15) is 18.9 Å². The highest BCUT2D eigenvalue weighted by molar-refractivity contribution is 5.76. The average molecular weight is 191 g/mol. The summed E-state index contributed by atoms with van der Waals surface area (Å²) in [5, 5.41) is 9.64. The molecule has 4 nitrogen and oxygen atoms in total. The number of nitrogens with zero attached hydrogens (tertiary/aromatic N) is 1. The maximum absolute atomic E-state index is 11.4. The Bertz CT molecular complexity index is 516. The Morgan fingerprint density at radius 2 is 2.14 bits per heavy atom. The van der Waals surface area contributed by atoms with Crippen LogP contribution in [0.4, 0.5) is 0 Å². The van der Waals surface area contributed by atoms with E-state index in [1.165, 1.54) is 6.92 Å². The van der Waals surface area contributed by atoms with E-state index in [0.29, 0.717) is 10.9 Å². The molecule has 0 aliphatic rings. The van der Waals surface area contributed by atoms with Crippen molar-refractivity contribution >= 4 is 10.9 Å². The molecule has 2 rings (SSSR count). The van der Waals surface area contributed by atoms with Crippen LogP contribution in [0.3, 0.4) is 0 Å². The zero-order valence-electron chi connectivity index (χ0n) is 7.60. The van der Waals surface area contributed by atoms with Crippen molar-refractivity contribution < 1.29 is 9.52 Å². The molecule has 0 aliphatic heterocycles. The quantitative estimate of drug-likeness (QED) is 0.736. The second-order valence-electron chi connectivity index (χ2n) is 3.03. The van der Waals surface area contributed by atoms with Gasteiger partial charge >= 0.3 is 5.63 Å². The number of hydrogen-bond donors (Lipinski definition) is 1. The van der Waals surface area contributed by atoms with Gasteiger partial charge in [-0.2, -0.15) is 0 Å². The summed E-state index contributed by atoms with van der Waals surface area (Å²) >= 11 is 0. The Hall–Kier alpha value is -1.68. The summed E-state index contributed by atoms with van der Waals surface area (Å²) in [7, 11) is 0. The molecule has 14 heavy (non-hydrogen) atoms. The van der Waals surface area contributed by atoms with Crippen LogP contribution < -0.4 is 5.63 Å². The van der Waals surface area contributed by atoms with Gasteiger partial charge in [0.1, 0.15) is 6.10 Å². The molecule has 0 radical (unpaired) electrons. The molecule has 1 aromatic carbocycles. The monoisotopic (exact) mass is 191 g/mol. The third kappa shape index (κ3) is 1.40. The van der Waals surface area contributed by atoms with Gasteiger partial charge in [0.25, 0.3) is 0 Å². The normalized spacial score (nSPS) is 13.0. The van der Waals surface area contributed by atoms with Crippen molar-refractivity contribution in [1.29, 1.82) is 0 Å². The second kappa shape index (κ2) is 3.23. The number of rotatable bonds is 1. The Morgan fingerprint density at radius 1 is 1.43 bits per heavy atom. The predicted molar refractivity (Wildman–Crippen MR) is 50.9 cm³/mol. The largest absolute Gasteiger partial charge is 0.405 e. The molecular formula is C10H9NO3. The van der Waals surface area contributed by atoms with E-state index in [1.54, 1.807) is 24.3 Å². The summed E-state index contributed by atoms with van der Waals surface area (Å²) in [5.41, 5.74) is 0.0751. The highest BCUT2D eigenvalue weighted by Gasteiger charge is 2.09. The Morgan fingerprint density at radius 3 is 2.86 bits per heavy atom. The van der Waals surface area contributed by atoms with Crippen molar-refractivity contribution in [3.8, 4) is 0 Å². The SMILES string of the molecule is C[C@@H](O)c1nc2ccccc2c(=O)o1. The van der Waals surface area contributed by atoms with Crippen molar-refractivity contribution in [1.82, 2.24) is 4.98 Å². The molecule has 0 unspecified atom stereocenters. The number of aromatic nitrogens is 1. The third-order valence-corrected chi connectivity index (χ3v) is 1.91. The highest BCUT2D eigenvalue weighted by atomic mass is 16.4. The number of fused-ring (bicyclic) bond motifs is 1. The Labute approximate surface area is 79.8 Å². The van der Waals surface area contributed by atoms with E-state index in [4.69, 9.17) is 4.42 Å². The van der Waals surface area contributed by atoms with E-state index in [0.717, 1.165) is 0 Å². The van der Waals surface area contributed by atoms with Crippen LogP contribution in [0.5, 0.6) is 0 Å². The minimum Gasteiger partial charge on any atom is -0.405 e. The highest BCUT2D eigenvalue weighted by Crippen LogP contribution is 2.11. The predicted octanol–water partition coefficient (Wildman–Crippen LogP) is 1.24. The van der Waals surface area contributed by atoms with Gasteiger partial charge in [-0.15, -0.1) is 0 Å². The van der Waals surface area contributed by atoms with Gasteiger partial charge in [0.15, 0.2) is 0 Å². The fourth-order valence-corrected chi connectivity index (χ4v) is 1.21. The number of aliphatic hydroxyl groups excluding tert-OH is 1. The van der Waals surface area contributed by atoms with Crippen LogP contribution in [0, 0.1) is 0 Å². The third-order valence-electron chi connectivity index (χ3n) is 1.91. The minimum atomic E-state index is -0.868. The number of hydrogen-bond acceptors (Lipinski definition) is 4. The standard InChI is InChI=1S/C10H9NO3/c1-6(12)9-11-8-5-3-2-4-7(8)10(13)14-9/h2-6,12H,1H3/t6-/m1/s1. The zero-order chi connectivity index (χ0) is 10.1. The second-order valence-corrected chi connectivity index (χ2v) is 3.03. The van der Waals surface area contributed by atoms with Gasteiger partial charge in [-0.25, -0.2) is 9.78 Å². The van der Waals surface area contributed by atoms with E-state index in [1.807, 2.05) is 0 Å². The van der Waals surface area contributed by atoms with E-state index in [-0.39, 0.29) is 5.89 Å². The first-order chi connectivity index (χ1) is 6.68. The maximum Gasteiger partial charge on any atom is 0.346 e. The first-order valence-corrected chi connectivity index (χ1v) is 4.26. The molecule has 4 heteroatoms. The summed E-state index contributed by atoms with van der Waals surface area (Å²) in [6, 6.07) is 6.86. The van der Waals surface area contributed by atoms with E-state index in [9.17, 15) is 9.90 Å². The summed E-state index contributed by atoms with van der Waals surface area (Å²) in [5.74, 6) is 0.0497. The van der Waals surface area contributed by atoms with E-state index >= 15 is 0 Å². The summed E-state index contributed by atoms with van der Waals surface area (Å²) in [6.07, 6.45) is -0.868. The lowest BCUT2D eigenvalue weighted by Crippen LogP contribution is -2.06. The van der Waals surface area contributed by atoms with Gasteiger partial charge < -0.3 is 9.52 Å². The van der Waals surface area contributed by atoms with Gasteiger partial charge in [-0.3, -0.25) is 0 Å². The van der Waals surface area contributed by atoms with Crippen molar-refractivity contribution in [2.45, 2.75) is 13.0 Å². The molecule has 1 atom stereocenters. The molecule has 1 heterocycles. The minimum absolute atomic E-state index is 0.0497. The van der Waals surface area contributed by atoms with Crippen LogP contribution in [0.2, 0.25) is 0 Å². The molecular weight excluding hydrogens is 182 g/mol. The van der Waals surface area contributed by atoms with E-state index in [2.05, 4.69) is 4.98 Å². The molecule has 1 aromatic heterocycles. The lowest BCUT2D eigenvalue weighted by atomic mass is 10.2. The molecule has 0 amide bonds. The Kier molecular flexibility index (Phi) is 2.05. The van der Waals surface area contributed by atoms with Gasteiger partial charge in [-0.1, -0.05) is 12.1 Å². The molecule has 0 spiro atoms. The number of para-hydroxylation sites is 1. The van der Waals surface area contributed by atoms with Crippen molar-refractivity contribution in [2.75, 3.05) is 0 Å². The van der Waals surface area contributed by atoms with Crippen LogP contribution in [-0.4, -0.2) is 10.1 Å². The summed E-state index contributed by atoms with van der Waals surface area (Å²) < 4.78 is 4.84. The van der Waals surface area contributed by atoms with E-state index < -0.39 is 11.7 Å². The van der Waals surface area contributed by atoms with Crippen molar-refractivity contribution in [2.24, 2.45) is 0 Å². The van der Waals surface area contributed by atoms with Crippen LogP contribution in [0.25, 0.3) is 10.9 Å².